The van der Waals surface area contributed by atoms with E-state index in [1.807, 2.05) is 0 Å². The SMILES string of the molecule is CCOC(=O)c1cc(N(C)S(=O)(=O)c2ccc(NC(C)=O)cc2)ccc1Cl. The van der Waals surface area contributed by atoms with Gasteiger partial charge in [-0.1, -0.05) is 11.6 Å². The van der Waals surface area contributed by atoms with Crippen molar-refractivity contribution in [2.24, 2.45) is 0 Å². The molecule has 0 aliphatic rings. The molecule has 0 bridgehead atoms. The Morgan fingerprint density at radius 1 is 1.15 bits per heavy atom. The molecule has 9 heteroatoms. The van der Waals surface area contributed by atoms with Gasteiger partial charge < -0.3 is 10.1 Å². The summed E-state index contributed by atoms with van der Waals surface area (Å²) in [6.07, 6.45) is 0. The number of nitrogens with zero attached hydrogens (tertiary/aromatic N) is 1. The maximum absolute atomic E-state index is 12.8. The van der Waals surface area contributed by atoms with Gasteiger partial charge >= 0.3 is 5.97 Å². The van der Waals surface area contributed by atoms with Crippen molar-refractivity contribution in [2.45, 2.75) is 18.7 Å². The summed E-state index contributed by atoms with van der Waals surface area (Å²) >= 11 is 6.02. The van der Waals surface area contributed by atoms with Crippen molar-refractivity contribution >= 4 is 44.9 Å². The number of nitrogens with one attached hydrogen (secondary N) is 1. The summed E-state index contributed by atoms with van der Waals surface area (Å²) in [5, 5.41) is 2.74. The number of rotatable bonds is 6. The molecule has 1 N–H and O–H groups in total. The lowest BCUT2D eigenvalue weighted by Crippen LogP contribution is -2.26. The lowest BCUT2D eigenvalue weighted by atomic mass is 10.2. The van der Waals surface area contributed by atoms with E-state index in [1.54, 1.807) is 6.92 Å². The molecule has 1 amide bonds. The van der Waals surface area contributed by atoms with Crippen LogP contribution in [0.25, 0.3) is 0 Å². The van der Waals surface area contributed by atoms with Crippen LogP contribution in [0.1, 0.15) is 24.2 Å². The second-order valence-corrected chi connectivity index (χ2v) is 7.94. The van der Waals surface area contributed by atoms with Crippen molar-refractivity contribution in [2.75, 3.05) is 23.3 Å². The Kier molecular flexibility index (Phi) is 6.45. The summed E-state index contributed by atoms with van der Waals surface area (Å²) in [5.74, 6) is -0.884. The average molecular weight is 411 g/mol. The zero-order chi connectivity index (χ0) is 20.2. The van der Waals surface area contributed by atoms with Gasteiger partial charge in [0.2, 0.25) is 5.91 Å². The van der Waals surface area contributed by atoms with E-state index in [1.165, 1.54) is 56.4 Å². The Balaban J connectivity index is 2.35. The van der Waals surface area contributed by atoms with Gasteiger partial charge in [0.1, 0.15) is 0 Å². The van der Waals surface area contributed by atoms with Gasteiger partial charge in [-0.15, -0.1) is 0 Å². The molecule has 2 rings (SSSR count). The van der Waals surface area contributed by atoms with Crippen LogP contribution in [0.15, 0.2) is 47.4 Å². The Bertz CT molecular complexity index is 958. The molecule has 0 aliphatic heterocycles. The molecule has 0 atom stereocenters. The number of halogens is 1. The van der Waals surface area contributed by atoms with E-state index in [0.29, 0.717) is 5.69 Å². The molecule has 2 aromatic carbocycles. The van der Waals surface area contributed by atoms with Crippen LogP contribution in [-0.4, -0.2) is 33.9 Å². The number of esters is 1. The van der Waals surface area contributed by atoms with Crippen LogP contribution >= 0.6 is 11.6 Å². The number of hydrogen-bond donors (Lipinski definition) is 1. The molecule has 7 nitrogen and oxygen atoms in total. The van der Waals surface area contributed by atoms with Crippen LogP contribution in [0.4, 0.5) is 11.4 Å². The molecule has 0 saturated carbocycles. The molecule has 0 heterocycles. The summed E-state index contributed by atoms with van der Waals surface area (Å²) in [6.45, 7) is 3.20. The van der Waals surface area contributed by atoms with Crippen molar-refractivity contribution in [3.05, 3.63) is 53.1 Å². The second-order valence-electron chi connectivity index (χ2n) is 5.56. The number of hydrogen-bond acceptors (Lipinski definition) is 5. The van der Waals surface area contributed by atoms with Gasteiger partial charge in [0.05, 0.1) is 27.8 Å². The highest BCUT2D eigenvalue weighted by Crippen LogP contribution is 2.27. The number of benzene rings is 2. The normalized spacial score (nSPS) is 11.0. The largest absolute Gasteiger partial charge is 0.462 e. The van der Waals surface area contributed by atoms with Crippen molar-refractivity contribution in [1.29, 1.82) is 0 Å². The number of ether oxygens (including phenoxy) is 1. The molecule has 0 radical (unpaired) electrons. The highest BCUT2D eigenvalue weighted by molar-refractivity contribution is 7.92. The molecule has 0 saturated heterocycles. The lowest BCUT2D eigenvalue weighted by Gasteiger charge is -2.20. The van der Waals surface area contributed by atoms with Crippen LogP contribution in [0.5, 0.6) is 0 Å². The van der Waals surface area contributed by atoms with Gasteiger partial charge in [0, 0.05) is 19.7 Å². The van der Waals surface area contributed by atoms with Crippen LogP contribution in [0.3, 0.4) is 0 Å². The van der Waals surface area contributed by atoms with Crippen molar-refractivity contribution in [3.63, 3.8) is 0 Å². The number of anilines is 2. The monoisotopic (exact) mass is 410 g/mol. The molecule has 0 aliphatic carbocycles. The van der Waals surface area contributed by atoms with Gasteiger partial charge in [-0.3, -0.25) is 9.10 Å². The first kappa shape index (κ1) is 20.7. The fourth-order valence-corrected chi connectivity index (χ4v) is 3.67. The number of carbonyl (C=O) groups is 2. The predicted octanol–water partition coefficient (Wildman–Crippen LogP) is 3.30. The number of amides is 1. The Morgan fingerprint density at radius 3 is 2.33 bits per heavy atom. The first-order valence-corrected chi connectivity index (χ1v) is 9.82. The third kappa shape index (κ3) is 4.78. The molecular weight excluding hydrogens is 392 g/mol. The molecule has 27 heavy (non-hydrogen) atoms. The number of sulfonamides is 1. The van der Waals surface area contributed by atoms with E-state index in [4.69, 9.17) is 16.3 Å². The molecular formula is C18H19ClN2O5S. The molecule has 0 aromatic heterocycles. The summed E-state index contributed by atoms with van der Waals surface area (Å²) in [6, 6.07) is 10.1. The van der Waals surface area contributed by atoms with Crippen LogP contribution in [0, 0.1) is 0 Å². The van der Waals surface area contributed by atoms with E-state index < -0.39 is 16.0 Å². The minimum Gasteiger partial charge on any atom is -0.462 e. The zero-order valence-corrected chi connectivity index (χ0v) is 16.6. The molecule has 0 unspecified atom stereocenters. The van der Waals surface area contributed by atoms with E-state index >= 15 is 0 Å². The third-order valence-electron chi connectivity index (χ3n) is 3.64. The molecule has 0 fully saturated rings. The van der Waals surface area contributed by atoms with Crippen LogP contribution in [-0.2, 0) is 19.6 Å². The minimum absolute atomic E-state index is 0.0340. The summed E-state index contributed by atoms with van der Waals surface area (Å²) in [7, 11) is -2.51. The Hall–Kier alpha value is -2.58. The third-order valence-corrected chi connectivity index (χ3v) is 5.77. The van der Waals surface area contributed by atoms with E-state index in [-0.39, 0.29) is 33.7 Å². The van der Waals surface area contributed by atoms with E-state index in [9.17, 15) is 18.0 Å². The highest BCUT2D eigenvalue weighted by atomic mass is 35.5. The van der Waals surface area contributed by atoms with Gasteiger partial charge in [-0.2, -0.15) is 0 Å². The molecule has 0 spiro atoms. The average Bonchev–Trinajstić information content (AvgIpc) is 2.61. The van der Waals surface area contributed by atoms with Crippen molar-refractivity contribution < 1.29 is 22.7 Å². The standard InChI is InChI=1S/C18H19ClN2O5S/c1-4-26-18(23)16-11-14(7-10-17(16)19)21(3)27(24,25)15-8-5-13(6-9-15)20-12(2)22/h5-11H,4H2,1-3H3,(H,20,22). The first-order valence-electron chi connectivity index (χ1n) is 8.00. The summed E-state index contributed by atoms with van der Waals surface area (Å²) in [4.78, 5) is 23.1. The quantitative estimate of drug-likeness (QED) is 0.737. The van der Waals surface area contributed by atoms with Gasteiger partial charge in [0.25, 0.3) is 10.0 Å². The fourth-order valence-electron chi connectivity index (χ4n) is 2.28. The Morgan fingerprint density at radius 2 is 1.78 bits per heavy atom. The van der Waals surface area contributed by atoms with Gasteiger partial charge in [-0.05, 0) is 49.4 Å². The highest BCUT2D eigenvalue weighted by Gasteiger charge is 2.23. The topological polar surface area (TPSA) is 92.8 Å². The molecule has 144 valence electrons. The van der Waals surface area contributed by atoms with Gasteiger partial charge in [-0.25, -0.2) is 13.2 Å². The maximum atomic E-state index is 12.8. The predicted molar refractivity (Wildman–Crippen MR) is 104 cm³/mol. The van der Waals surface area contributed by atoms with Gasteiger partial charge in [0.15, 0.2) is 0 Å². The maximum Gasteiger partial charge on any atom is 0.339 e. The fraction of sp³-hybridized carbons (Fsp3) is 0.222. The Labute approximate surface area is 162 Å². The zero-order valence-electron chi connectivity index (χ0n) is 15.0. The first-order chi connectivity index (χ1) is 12.7. The van der Waals surface area contributed by atoms with Crippen molar-refractivity contribution in [1.82, 2.24) is 0 Å². The smallest absolute Gasteiger partial charge is 0.339 e. The summed E-state index contributed by atoms with van der Waals surface area (Å²) in [5.41, 5.74) is 0.827. The second kappa shape index (κ2) is 8.41. The summed E-state index contributed by atoms with van der Waals surface area (Å²) < 4.78 is 31.7. The van der Waals surface area contributed by atoms with Crippen molar-refractivity contribution in [3.8, 4) is 0 Å². The molecule has 2 aromatic rings. The van der Waals surface area contributed by atoms with Crippen LogP contribution in [0.2, 0.25) is 5.02 Å². The lowest BCUT2D eigenvalue weighted by molar-refractivity contribution is -0.114. The minimum atomic E-state index is -3.88. The van der Waals surface area contributed by atoms with Crippen LogP contribution < -0.4 is 9.62 Å². The number of carbonyl (C=O) groups excluding carboxylic acids is 2. The van der Waals surface area contributed by atoms with E-state index in [2.05, 4.69) is 5.32 Å². The van der Waals surface area contributed by atoms with E-state index in [0.717, 1.165) is 4.31 Å².